The average molecular weight is 343 g/mol. The molecule has 1 fully saturated rings. The number of nitrogens with two attached hydrogens (primary N) is 1. The van der Waals surface area contributed by atoms with Gasteiger partial charge in [0.2, 0.25) is 11.9 Å². The van der Waals surface area contributed by atoms with E-state index in [0.29, 0.717) is 5.95 Å². The topological polar surface area (TPSA) is 76.7 Å². The second-order valence-electron chi connectivity index (χ2n) is 7.30. The predicted molar refractivity (Wildman–Crippen MR) is 97.8 cm³/mol. The highest BCUT2D eigenvalue weighted by Crippen LogP contribution is 2.35. The molecule has 1 saturated carbocycles. The normalized spacial score (nSPS) is 15.8. The van der Waals surface area contributed by atoms with Crippen LogP contribution in [-0.2, 0) is 5.67 Å². The summed E-state index contributed by atoms with van der Waals surface area (Å²) in [5.74, 6) is 1.31. The molecule has 1 aromatic carbocycles. The van der Waals surface area contributed by atoms with E-state index < -0.39 is 5.67 Å². The number of halogens is 1. The van der Waals surface area contributed by atoms with Crippen LogP contribution in [0.5, 0.6) is 0 Å². The SMILES string of the molecule is CC(C)(F)c1nc(N)nc(NC(CCCC2CC2)c2ccccc2)n1. The van der Waals surface area contributed by atoms with Crippen molar-refractivity contribution in [1.29, 1.82) is 0 Å². The molecule has 25 heavy (non-hydrogen) atoms. The van der Waals surface area contributed by atoms with Crippen LogP contribution in [0.1, 0.15) is 63.4 Å². The van der Waals surface area contributed by atoms with Crippen LogP contribution in [0.15, 0.2) is 30.3 Å². The van der Waals surface area contributed by atoms with Gasteiger partial charge in [0.1, 0.15) is 0 Å². The van der Waals surface area contributed by atoms with Crippen LogP contribution in [0.2, 0.25) is 0 Å². The van der Waals surface area contributed by atoms with Crippen LogP contribution in [0.25, 0.3) is 0 Å². The van der Waals surface area contributed by atoms with E-state index in [-0.39, 0.29) is 17.8 Å². The molecule has 2 aromatic rings. The first kappa shape index (κ1) is 17.6. The Bertz CT molecular complexity index is 695. The molecular formula is C19H26FN5. The van der Waals surface area contributed by atoms with Gasteiger partial charge in [-0.05, 0) is 31.7 Å². The summed E-state index contributed by atoms with van der Waals surface area (Å²) in [6.07, 6.45) is 6.09. The van der Waals surface area contributed by atoms with E-state index in [1.165, 1.54) is 38.7 Å². The van der Waals surface area contributed by atoms with Crippen LogP contribution in [0.3, 0.4) is 0 Å². The molecule has 134 valence electrons. The molecule has 0 aliphatic heterocycles. The van der Waals surface area contributed by atoms with Gasteiger partial charge in [0.05, 0.1) is 6.04 Å². The molecule has 1 unspecified atom stereocenters. The molecule has 1 heterocycles. The fraction of sp³-hybridized carbons (Fsp3) is 0.526. The number of rotatable bonds is 8. The zero-order valence-electron chi connectivity index (χ0n) is 14.9. The molecule has 0 saturated heterocycles. The van der Waals surface area contributed by atoms with Crippen LogP contribution in [0, 0.1) is 5.92 Å². The Labute approximate surface area is 148 Å². The summed E-state index contributed by atoms with van der Waals surface area (Å²) >= 11 is 0. The number of alkyl halides is 1. The first-order valence-corrected chi connectivity index (χ1v) is 8.94. The summed E-state index contributed by atoms with van der Waals surface area (Å²) in [5.41, 5.74) is 5.25. The Hall–Kier alpha value is -2.24. The molecule has 3 N–H and O–H groups in total. The highest BCUT2D eigenvalue weighted by atomic mass is 19.1. The van der Waals surface area contributed by atoms with Gasteiger partial charge in [-0.3, -0.25) is 0 Å². The average Bonchev–Trinajstić information content (AvgIpc) is 3.38. The van der Waals surface area contributed by atoms with Gasteiger partial charge >= 0.3 is 0 Å². The Morgan fingerprint density at radius 2 is 1.92 bits per heavy atom. The van der Waals surface area contributed by atoms with E-state index in [9.17, 15) is 4.39 Å². The zero-order valence-corrected chi connectivity index (χ0v) is 14.9. The summed E-state index contributed by atoms with van der Waals surface area (Å²) in [7, 11) is 0. The highest BCUT2D eigenvalue weighted by Gasteiger charge is 2.25. The van der Waals surface area contributed by atoms with E-state index in [4.69, 9.17) is 5.73 Å². The molecule has 1 atom stereocenters. The monoisotopic (exact) mass is 343 g/mol. The zero-order chi connectivity index (χ0) is 17.9. The standard InChI is InChI=1S/C19H26FN5/c1-19(2,20)16-23-17(21)25-18(24-16)22-15(10-6-7-13-11-12-13)14-8-4-3-5-9-14/h3-5,8-9,13,15H,6-7,10-12H2,1-2H3,(H3,21,22,23,24,25). The van der Waals surface area contributed by atoms with Crippen molar-refractivity contribution in [1.82, 2.24) is 15.0 Å². The maximum atomic E-state index is 14.2. The minimum absolute atomic E-state index is 0.0306. The summed E-state index contributed by atoms with van der Waals surface area (Å²) in [6.45, 7) is 2.83. The first-order chi connectivity index (χ1) is 11.9. The Morgan fingerprint density at radius 3 is 2.56 bits per heavy atom. The van der Waals surface area contributed by atoms with Crippen molar-refractivity contribution in [3.63, 3.8) is 0 Å². The number of benzene rings is 1. The predicted octanol–water partition coefficient (Wildman–Crippen LogP) is 4.39. The maximum Gasteiger partial charge on any atom is 0.228 e. The van der Waals surface area contributed by atoms with Crippen LogP contribution >= 0.6 is 0 Å². The molecule has 1 aromatic heterocycles. The van der Waals surface area contributed by atoms with Crippen molar-refractivity contribution in [2.45, 2.75) is 57.7 Å². The molecule has 0 spiro atoms. The van der Waals surface area contributed by atoms with Gasteiger partial charge in [0.25, 0.3) is 0 Å². The summed E-state index contributed by atoms with van der Waals surface area (Å²) in [5, 5.41) is 3.33. The van der Waals surface area contributed by atoms with E-state index >= 15 is 0 Å². The minimum Gasteiger partial charge on any atom is -0.368 e. The third kappa shape index (κ3) is 5.11. The molecule has 1 aliphatic rings. The lowest BCUT2D eigenvalue weighted by atomic mass is 10.00. The van der Waals surface area contributed by atoms with E-state index in [1.54, 1.807) is 0 Å². The Balaban J connectivity index is 1.77. The lowest BCUT2D eigenvalue weighted by molar-refractivity contribution is 0.206. The van der Waals surface area contributed by atoms with E-state index in [0.717, 1.165) is 18.8 Å². The number of hydrogen-bond acceptors (Lipinski definition) is 5. The third-order valence-corrected chi connectivity index (χ3v) is 4.49. The third-order valence-electron chi connectivity index (χ3n) is 4.49. The van der Waals surface area contributed by atoms with E-state index in [2.05, 4.69) is 32.4 Å². The van der Waals surface area contributed by atoms with Crippen LogP contribution in [0.4, 0.5) is 16.3 Å². The molecule has 6 heteroatoms. The fourth-order valence-corrected chi connectivity index (χ4v) is 2.90. The van der Waals surface area contributed by atoms with Gasteiger partial charge in [-0.2, -0.15) is 15.0 Å². The van der Waals surface area contributed by atoms with Crippen molar-refractivity contribution in [2.75, 3.05) is 11.1 Å². The maximum absolute atomic E-state index is 14.2. The van der Waals surface area contributed by atoms with Gasteiger partial charge in [0, 0.05) is 0 Å². The fourth-order valence-electron chi connectivity index (χ4n) is 2.90. The summed E-state index contributed by atoms with van der Waals surface area (Å²) < 4.78 is 14.2. The van der Waals surface area contributed by atoms with E-state index in [1.807, 2.05) is 18.2 Å². The Morgan fingerprint density at radius 1 is 1.20 bits per heavy atom. The first-order valence-electron chi connectivity index (χ1n) is 8.94. The van der Waals surface area contributed by atoms with Gasteiger partial charge in [-0.25, -0.2) is 4.39 Å². The molecule has 0 bridgehead atoms. The number of aromatic nitrogens is 3. The number of nitrogens with one attached hydrogen (secondary N) is 1. The molecule has 3 rings (SSSR count). The van der Waals surface area contributed by atoms with Crippen molar-refractivity contribution >= 4 is 11.9 Å². The molecular weight excluding hydrogens is 317 g/mol. The highest BCUT2D eigenvalue weighted by molar-refractivity contribution is 5.36. The molecule has 5 nitrogen and oxygen atoms in total. The minimum atomic E-state index is -1.66. The lowest BCUT2D eigenvalue weighted by Crippen LogP contribution is -2.20. The summed E-state index contributed by atoms with van der Waals surface area (Å²) in [6, 6.07) is 10.3. The van der Waals surface area contributed by atoms with Crippen molar-refractivity contribution in [2.24, 2.45) is 5.92 Å². The van der Waals surface area contributed by atoms with Crippen LogP contribution < -0.4 is 11.1 Å². The molecule has 1 aliphatic carbocycles. The second kappa shape index (κ2) is 7.33. The number of anilines is 2. The Kier molecular flexibility index (Phi) is 5.16. The number of hydrogen-bond donors (Lipinski definition) is 2. The van der Waals surface area contributed by atoms with Crippen molar-refractivity contribution < 1.29 is 4.39 Å². The second-order valence-corrected chi connectivity index (χ2v) is 7.30. The summed E-state index contributed by atoms with van der Waals surface area (Å²) in [4.78, 5) is 12.3. The number of nitrogens with zero attached hydrogens (tertiary/aromatic N) is 3. The quantitative estimate of drug-likeness (QED) is 0.743. The van der Waals surface area contributed by atoms with Crippen LogP contribution in [-0.4, -0.2) is 15.0 Å². The lowest BCUT2D eigenvalue weighted by Gasteiger charge is -2.20. The van der Waals surface area contributed by atoms with Gasteiger partial charge in [-0.1, -0.05) is 56.0 Å². The smallest absolute Gasteiger partial charge is 0.228 e. The van der Waals surface area contributed by atoms with Gasteiger partial charge in [-0.15, -0.1) is 0 Å². The van der Waals surface area contributed by atoms with Crippen molar-refractivity contribution in [3.8, 4) is 0 Å². The molecule has 0 amide bonds. The van der Waals surface area contributed by atoms with Crippen molar-refractivity contribution in [3.05, 3.63) is 41.7 Å². The molecule has 0 radical (unpaired) electrons. The van der Waals surface area contributed by atoms with Gasteiger partial charge < -0.3 is 11.1 Å². The number of nitrogen functional groups attached to an aromatic ring is 1. The largest absolute Gasteiger partial charge is 0.368 e. The van der Waals surface area contributed by atoms with Gasteiger partial charge in [0.15, 0.2) is 11.5 Å².